The first-order chi connectivity index (χ1) is 7.65. The lowest BCUT2D eigenvalue weighted by Gasteiger charge is -2.18. The summed E-state index contributed by atoms with van der Waals surface area (Å²) in [6, 6.07) is 0. The molecule has 0 aliphatic carbocycles. The lowest BCUT2D eigenvalue weighted by atomic mass is 10.0. The number of amides is 2. The van der Waals surface area contributed by atoms with E-state index in [-0.39, 0.29) is 19.1 Å². The average Bonchev–Trinajstić information content (AvgIpc) is 2.28. The Labute approximate surface area is 95.7 Å². The van der Waals surface area contributed by atoms with E-state index in [1.54, 1.807) is 0 Å². The number of hydrogen-bond acceptors (Lipinski definition) is 4. The zero-order chi connectivity index (χ0) is 12.4. The van der Waals surface area contributed by atoms with Crippen LogP contribution in [0.1, 0.15) is 32.6 Å². The van der Waals surface area contributed by atoms with Crippen molar-refractivity contribution in [2.45, 2.75) is 32.6 Å². The molecule has 1 atom stereocenters. The van der Waals surface area contributed by atoms with Crippen LogP contribution in [0.3, 0.4) is 0 Å². The molecule has 0 spiro atoms. The SMILES string of the molecule is CCCCCC(CN(O)C=O)C(=O)NCN. The second-order valence-corrected chi connectivity index (χ2v) is 3.67. The molecule has 0 aromatic carbocycles. The Morgan fingerprint density at radius 2 is 2.25 bits per heavy atom. The monoisotopic (exact) mass is 231 g/mol. The summed E-state index contributed by atoms with van der Waals surface area (Å²) in [5.41, 5.74) is 5.21. The maximum absolute atomic E-state index is 11.5. The average molecular weight is 231 g/mol. The summed E-state index contributed by atoms with van der Waals surface area (Å²) in [6.07, 6.45) is 3.92. The number of hydroxylamine groups is 2. The van der Waals surface area contributed by atoms with E-state index in [2.05, 4.69) is 12.2 Å². The van der Waals surface area contributed by atoms with Crippen LogP contribution in [0.4, 0.5) is 0 Å². The first kappa shape index (κ1) is 14.9. The van der Waals surface area contributed by atoms with Crippen LogP contribution >= 0.6 is 0 Å². The van der Waals surface area contributed by atoms with Gasteiger partial charge in [0.15, 0.2) is 0 Å². The molecule has 6 nitrogen and oxygen atoms in total. The molecule has 0 saturated carbocycles. The number of rotatable bonds is 9. The molecule has 0 radical (unpaired) electrons. The van der Waals surface area contributed by atoms with Gasteiger partial charge >= 0.3 is 0 Å². The van der Waals surface area contributed by atoms with Gasteiger partial charge in [-0.2, -0.15) is 0 Å². The van der Waals surface area contributed by atoms with Gasteiger partial charge < -0.3 is 11.1 Å². The van der Waals surface area contributed by atoms with E-state index in [0.717, 1.165) is 19.3 Å². The van der Waals surface area contributed by atoms with Gasteiger partial charge in [0.1, 0.15) is 0 Å². The smallest absolute Gasteiger partial charge is 0.233 e. The Kier molecular flexibility index (Phi) is 8.46. The van der Waals surface area contributed by atoms with Crippen molar-refractivity contribution < 1.29 is 14.8 Å². The van der Waals surface area contributed by atoms with Gasteiger partial charge in [-0.05, 0) is 6.42 Å². The molecule has 0 aromatic heterocycles. The van der Waals surface area contributed by atoms with Crippen LogP contribution in [-0.2, 0) is 9.59 Å². The largest absolute Gasteiger partial charge is 0.343 e. The van der Waals surface area contributed by atoms with Gasteiger partial charge in [0.05, 0.1) is 19.1 Å². The fraction of sp³-hybridized carbons (Fsp3) is 0.800. The van der Waals surface area contributed by atoms with E-state index in [1.165, 1.54) is 0 Å². The van der Waals surface area contributed by atoms with E-state index in [4.69, 9.17) is 10.9 Å². The van der Waals surface area contributed by atoms with Crippen LogP contribution in [0.15, 0.2) is 0 Å². The summed E-state index contributed by atoms with van der Waals surface area (Å²) in [5, 5.41) is 12.0. The van der Waals surface area contributed by atoms with Crippen LogP contribution < -0.4 is 11.1 Å². The number of nitrogens with two attached hydrogens (primary N) is 1. The van der Waals surface area contributed by atoms with E-state index in [0.29, 0.717) is 17.9 Å². The number of unbranched alkanes of at least 4 members (excludes halogenated alkanes) is 2. The van der Waals surface area contributed by atoms with Crippen LogP contribution in [-0.4, -0.2) is 35.8 Å². The zero-order valence-corrected chi connectivity index (χ0v) is 9.69. The van der Waals surface area contributed by atoms with Crippen molar-refractivity contribution in [3.63, 3.8) is 0 Å². The summed E-state index contributed by atoms with van der Waals surface area (Å²) in [4.78, 5) is 21.8. The molecular formula is C10H21N3O3. The Bertz CT molecular complexity index is 211. The number of carbonyl (C=O) groups is 2. The summed E-state index contributed by atoms with van der Waals surface area (Å²) in [7, 11) is 0. The van der Waals surface area contributed by atoms with Crippen molar-refractivity contribution >= 4 is 12.3 Å². The molecule has 0 aliphatic heterocycles. The number of hydrogen-bond donors (Lipinski definition) is 3. The summed E-state index contributed by atoms with van der Waals surface area (Å²) < 4.78 is 0. The number of carbonyl (C=O) groups excluding carboxylic acids is 2. The third kappa shape index (κ3) is 6.36. The van der Waals surface area contributed by atoms with Crippen molar-refractivity contribution in [1.29, 1.82) is 0 Å². The summed E-state index contributed by atoms with van der Waals surface area (Å²) in [5.74, 6) is -0.621. The first-order valence-electron chi connectivity index (χ1n) is 5.54. The third-order valence-corrected chi connectivity index (χ3v) is 2.33. The number of nitrogens with one attached hydrogen (secondary N) is 1. The molecule has 0 rings (SSSR count). The molecule has 94 valence electrons. The van der Waals surface area contributed by atoms with Crippen LogP contribution in [0, 0.1) is 5.92 Å². The van der Waals surface area contributed by atoms with E-state index >= 15 is 0 Å². The predicted molar refractivity (Wildman–Crippen MR) is 59.4 cm³/mol. The minimum atomic E-state index is -0.398. The van der Waals surface area contributed by atoms with Crippen LogP contribution in [0.25, 0.3) is 0 Å². The van der Waals surface area contributed by atoms with Gasteiger partial charge in [-0.1, -0.05) is 26.2 Å². The Hall–Kier alpha value is -1.14. The van der Waals surface area contributed by atoms with Gasteiger partial charge in [0.25, 0.3) is 0 Å². The molecule has 2 amide bonds. The van der Waals surface area contributed by atoms with Crippen LogP contribution in [0.5, 0.6) is 0 Å². The Balaban J connectivity index is 4.14. The lowest BCUT2D eigenvalue weighted by Crippen LogP contribution is -2.39. The molecule has 4 N–H and O–H groups in total. The zero-order valence-electron chi connectivity index (χ0n) is 9.69. The van der Waals surface area contributed by atoms with Crippen molar-refractivity contribution in [2.75, 3.05) is 13.2 Å². The van der Waals surface area contributed by atoms with Crippen molar-refractivity contribution in [3.8, 4) is 0 Å². The molecule has 0 fully saturated rings. The summed E-state index contributed by atoms with van der Waals surface area (Å²) >= 11 is 0. The summed E-state index contributed by atoms with van der Waals surface area (Å²) in [6.45, 7) is 2.15. The first-order valence-corrected chi connectivity index (χ1v) is 5.54. The highest BCUT2D eigenvalue weighted by molar-refractivity contribution is 5.78. The second kappa shape index (κ2) is 9.11. The van der Waals surface area contributed by atoms with Gasteiger partial charge in [0, 0.05) is 0 Å². The maximum Gasteiger partial charge on any atom is 0.233 e. The highest BCUT2D eigenvalue weighted by atomic mass is 16.5. The predicted octanol–water partition coefficient (Wildman–Crippen LogP) is 0.0629. The number of nitrogens with zero attached hydrogens (tertiary/aromatic N) is 1. The normalized spacial score (nSPS) is 11.9. The molecule has 0 heterocycles. The second-order valence-electron chi connectivity index (χ2n) is 3.67. The van der Waals surface area contributed by atoms with E-state index in [1.807, 2.05) is 0 Å². The van der Waals surface area contributed by atoms with Gasteiger partial charge in [-0.25, -0.2) is 5.06 Å². The van der Waals surface area contributed by atoms with Crippen molar-refractivity contribution in [2.24, 2.45) is 11.7 Å². The molecule has 0 aromatic rings. The Morgan fingerprint density at radius 1 is 1.56 bits per heavy atom. The highest BCUT2D eigenvalue weighted by Crippen LogP contribution is 2.11. The minimum absolute atomic E-state index is 0.0129. The minimum Gasteiger partial charge on any atom is -0.343 e. The quantitative estimate of drug-likeness (QED) is 0.172. The van der Waals surface area contributed by atoms with Crippen molar-refractivity contribution in [1.82, 2.24) is 10.4 Å². The Morgan fingerprint density at radius 3 is 2.75 bits per heavy atom. The fourth-order valence-corrected chi connectivity index (χ4v) is 1.46. The van der Waals surface area contributed by atoms with Gasteiger partial charge in [-0.15, -0.1) is 0 Å². The maximum atomic E-state index is 11.5. The molecule has 16 heavy (non-hydrogen) atoms. The van der Waals surface area contributed by atoms with Crippen molar-refractivity contribution in [3.05, 3.63) is 0 Å². The molecule has 6 heteroatoms. The molecule has 0 bridgehead atoms. The lowest BCUT2D eigenvalue weighted by molar-refractivity contribution is -0.154. The standard InChI is InChI=1S/C10H21N3O3/c1-2-3-4-5-9(6-13(16)8-14)10(15)12-7-11/h8-9,16H,2-7,11H2,1H3,(H,12,15). The van der Waals surface area contributed by atoms with Gasteiger partial charge in [-0.3, -0.25) is 14.8 Å². The topological polar surface area (TPSA) is 95.7 Å². The van der Waals surface area contributed by atoms with Gasteiger partial charge in [0.2, 0.25) is 12.3 Å². The molecular weight excluding hydrogens is 210 g/mol. The van der Waals surface area contributed by atoms with Crippen LogP contribution in [0.2, 0.25) is 0 Å². The third-order valence-electron chi connectivity index (χ3n) is 2.33. The van der Waals surface area contributed by atoms with E-state index in [9.17, 15) is 9.59 Å². The molecule has 1 unspecified atom stereocenters. The molecule has 0 saturated heterocycles. The fourth-order valence-electron chi connectivity index (χ4n) is 1.46. The molecule has 0 aliphatic rings. The van der Waals surface area contributed by atoms with E-state index < -0.39 is 5.92 Å². The highest BCUT2D eigenvalue weighted by Gasteiger charge is 2.19.